The van der Waals surface area contributed by atoms with Gasteiger partial charge in [-0.3, -0.25) is 4.79 Å². The van der Waals surface area contributed by atoms with Gasteiger partial charge in [-0.25, -0.2) is 13.6 Å². The van der Waals surface area contributed by atoms with Crippen LogP contribution in [0.25, 0.3) is 0 Å². The maximum atomic E-state index is 12.5. The van der Waals surface area contributed by atoms with E-state index in [-0.39, 0.29) is 16.5 Å². The molecule has 8 nitrogen and oxygen atoms in total. The molecule has 2 aromatic rings. The van der Waals surface area contributed by atoms with Crippen LogP contribution in [0.5, 0.6) is 5.75 Å². The van der Waals surface area contributed by atoms with Crippen molar-refractivity contribution in [3.8, 4) is 11.8 Å². The normalized spacial score (nSPS) is 12.5. The van der Waals surface area contributed by atoms with Crippen LogP contribution in [0.15, 0.2) is 59.1 Å². The first kappa shape index (κ1) is 23.9. The second-order valence-corrected chi connectivity index (χ2v) is 8.47. The average molecular weight is 443 g/mol. The van der Waals surface area contributed by atoms with Crippen molar-refractivity contribution in [2.24, 2.45) is 5.14 Å². The number of primary sulfonamides is 1. The Hall–Kier alpha value is -3.35. The lowest BCUT2D eigenvalue weighted by Gasteiger charge is -2.18. The highest BCUT2D eigenvalue weighted by molar-refractivity contribution is 7.89. The lowest BCUT2D eigenvalue weighted by atomic mass is 10.0. The molecule has 9 heteroatoms. The Bertz CT molecular complexity index is 1100. The second-order valence-electron chi connectivity index (χ2n) is 6.91. The van der Waals surface area contributed by atoms with E-state index in [9.17, 15) is 18.5 Å². The van der Waals surface area contributed by atoms with Gasteiger partial charge in [0.25, 0.3) is 5.91 Å². The number of nitrogens with zero attached hydrogens (tertiary/aromatic N) is 1. The van der Waals surface area contributed by atoms with Gasteiger partial charge >= 0.3 is 0 Å². The summed E-state index contributed by atoms with van der Waals surface area (Å²) in [6.07, 6.45) is 1.33. The summed E-state index contributed by atoms with van der Waals surface area (Å²) in [6.45, 7) is 6.46. The number of carbonyl (C=O) groups is 1. The van der Waals surface area contributed by atoms with Crippen molar-refractivity contribution in [2.75, 3.05) is 6.61 Å². The quantitative estimate of drug-likeness (QED) is 0.403. The molecule has 0 heterocycles. The van der Waals surface area contributed by atoms with Gasteiger partial charge in [0.05, 0.1) is 17.5 Å². The molecule has 31 heavy (non-hydrogen) atoms. The number of nitriles is 1. The molecule has 0 bridgehead atoms. The fourth-order valence-corrected chi connectivity index (χ4v) is 3.38. The molecule has 0 aliphatic heterocycles. The van der Waals surface area contributed by atoms with Crippen LogP contribution in [-0.2, 0) is 21.4 Å². The van der Waals surface area contributed by atoms with E-state index in [4.69, 9.17) is 9.88 Å². The Morgan fingerprint density at radius 2 is 1.94 bits per heavy atom. The number of nitrogens with two attached hydrogens (primary N) is 1. The molecule has 0 aliphatic carbocycles. The van der Waals surface area contributed by atoms with Crippen molar-refractivity contribution < 1.29 is 17.9 Å². The zero-order valence-corrected chi connectivity index (χ0v) is 18.5. The number of ether oxygens (including phenoxy) is 1. The van der Waals surface area contributed by atoms with E-state index >= 15 is 0 Å². The van der Waals surface area contributed by atoms with Gasteiger partial charge in [-0.1, -0.05) is 29.8 Å². The van der Waals surface area contributed by atoms with Crippen molar-refractivity contribution in [1.29, 1.82) is 5.26 Å². The predicted molar refractivity (Wildman–Crippen MR) is 117 cm³/mol. The van der Waals surface area contributed by atoms with E-state index in [1.54, 1.807) is 12.1 Å². The van der Waals surface area contributed by atoms with Crippen molar-refractivity contribution in [3.63, 3.8) is 0 Å². The minimum absolute atomic E-state index is 0.0143. The van der Waals surface area contributed by atoms with Gasteiger partial charge in [-0.15, -0.1) is 0 Å². The highest BCUT2D eigenvalue weighted by atomic mass is 32.2. The Labute approximate surface area is 182 Å². The third-order valence-corrected chi connectivity index (χ3v) is 5.38. The molecule has 2 aromatic carbocycles. The number of hydrogen-bond donors (Lipinski definition) is 3. The fourth-order valence-electron chi connectivity index (χ4n) is 2.86. The Kier molecular flexibility index (Phi) is 8.19. The molecule has 1 atom stereocenters. The summed E-state index contributed by atoms with van der Waals surface area (Å²) in [4.78, 5) is 12.6. The topological polar surface area (TPSA) is 134 Å². The molecule has 2 rings (SSSR count). The summed E-state index contributed by atoms with van der Waals surface area (Å²) >= 11 is 0. The van der Waals surface area contributed by atoms with E-state index in [1.165, 1.54) is 18.3 Å². The van der Waals surface area contributed by atoms with Gasteiger partial charge in [0.15, 0.2) is 0 Å². The summed E-state index contributed by atoms with van der Waals surface area (Å²) in [5.41, 5.74) is 2.54. The summed E-state index contributed by atoms with van der Waals surface area (Å²) < 4.78 is 28.2. The minimum atomic E-state index is -3.75. The van der Waals surface area contributed by atoms with E-state index < -0.39 is 15.9 Å². The highest BCUT2D eigenvalue weighted by Gasteiger charge is 2.17. The second kappa shape index (κ2) is 10.6. The summed E-state index contributed by atoms with van der Waals surface area (Å²) in [6, 6.07) is 13.2. The summed E-state index contributed by atoms with van der Waals surface area (Å²) in [5, 5.41) is 20.1. The SMILES string of the molecule is CCOc1ccc(C)cc1C(C)NC(=O)/C(C#N)=C\NCc1ccc(S(N)(=O)=O)cc1. The number of amides is 1. The van der Waals surface area contributed by atoms with Crippen LogP contribution in [0.2, 0.25) is 0 Å². The molecule has 0 spiro atoms. The number of nitrogens with one attached hydrogen (secondary N) is 2. The van der Waals surface area contributed by atoms with Crippen LogP contribution in [0, 0.1) is 18.3 Å². The van der Waals surface area contributed by atoms with Crippen molar-refractivity contribution in [3.05, 3.63) is 70.9 Å². The number of benzene rings is 2. The van der Waals surface area contributed by atoms with Crippen molar-refractivity contribution in [1.82, 2.24) is 10.6 Å². The first-order chi connectivity index (χ1) is 14.7. The number of rotatable bonds is 9. The lowest BCUT2D eigenvalue weighted by molar-refractivity contribution is -0.117. The number of hydrogen-bond acceptors (Lipinski definition) is 6. The number of sulfonamides is 1. The van der Waals surface area contributed by atoms with Crippen LogP contribution < -0.4 is 20.5 Å². The molecule has 4 N–H and O–H groups in total. The zero-order valence-electron chi connectivity index (χ0n) is 17.7. The average Bonchev–Trinajstić information content (AvgIpc) is 2.72. The third-order valence-electron chi connectivity index (χ3n) is 4.45. The Balaban J connectivity index is 2.04. The third kappa shape index (κ3) is 6.84. The van der Waals surface area contributed by atoms with Crippen LogP contribution in [0.3, 0.4) is 0 Å². The van der Waals surface area contributed by atoms with Gasteiger partial charge in [-0.2, -0.15) is 5.26 Å². The Morgan fingerprint density at radius 1 is 1.26 bits per heavy atom. The Morgan fingerprint density at radius 3 is 2.52 bits per heavy atom. The lowest BCUT2D eigenvalue weighted by Crippen LogP contribution is -2.29. The molecule has 0 aromatic heterocycles. The van der Waals surface area contributed by atoms with Crippen LogP contribution in [0.1, 0.15) is 36.6 Å². The molecule has 164 valence electrons. The number of carbonyl (C=O) groups excluding carboxylic acids is 1. The van der Waals surface area contributed by atoms with Gasteiger partial charge in [0.1, 0.15) is 17.4 Å². The summed E-state index contributed by atoms with van der Waals surface area (Å²) in [7, 11) is -3.75. The highest BCUT2D eigenvalue weighted by Crippen LogP contribution is 2.26. The molecule has 1 unspecified atom stereocenters. The molecule has 0 radical (unpaired) electrons. The van der Waals surface area contributed by atoms with E-state index in [0.717, 1.165) is 16.7 Å². The molecule has 0 fully saturated rings. The van der Waals surface area contributed by atoms with Gasteiger partial charge in [0.2, 0.25) is 10.0 Å². The first-order valence-corrected chi connectivity index (χ1v) is 11.2. The monoisotopic (exact) mass is 442 g/mol. The molecular formula is C22H26N4O4S. The van der Waals surface area contributed by atoms with Crippen molar-refractivity contribution >= 4 is 15.9 Å². The van der Waals surface area contributed by atoms with E-state index in [1.807, 2.05) is 45.0 Å². The van der Waals surface area contributed by atoms with Crippen LogP contribution in [-0.4, -0.2) is 20.9 Å². The smallest absolute Gasteiger partial charge is 0.263 e. The summed E-state index contributed by atoms with van der Waals surface area (Å²) in [5.74, 6) is 0.167. The first-order valence-electron chi connectivity index (χ1n) is 9.65. The van der Waals surface area contributed by atoms with E-state index in [0.29, 0.717) is 18.9 Å². The molecular weight excluding hydrogens is 416 g/mol. The van der Waals surface area contributed by atoms with Crippen LogP contribution in [0.4, 0.5) is 0 Å². The largest absolute Gasteiger partial charge is 0.494 e. The minimum Gasteiger partial charge on any atom is -0.494 e. The maximum Gasteiger partial charge on any atom is 0.263 e. The zero-order chi connectivity index (χ0) is 23.0. The molecule has 0 aliphatic rings. The van der Waals surface area contributed by atoms with Gasteiger partial charge in [0, 0.05) is 18.3 Å². The van der Waals surface area contributed by atoms with E-state index in [2.05, 4.69) is 10.6 Å². The van der Waals surface area contributed by atoms with Crippen molar-refractivity contribution in [2.45, 2.75) is 38.3 Å². The standard InChI is InChI=1S/C22H26N4O4S/c1-4-30-21-10-5-15(2)11-20(21)16(3)26-22(27)18(12-23)14-25-13-17-6-8-19(9-7-17)31(24,28)29/h5-11,14,16,25H,4,13H2,1-3H3,(H,26,27)(H2,24,28,29)/b18-14-. The predicted octanol–water partition coefficient (Wildman–Crippen LogP) is 2.42. The fraction of sp³-hybridized carbons (Fsp3) is 0.273. The molecule has 1 amide bonds. The molecule has 0 saturated carbocycles. The van der Waals surface area contributed by atoms with Crippen LogP contribution >= 0.6 is 0 Å². The number of aryl methyl sites for hydroxylation is 1. The molecule has 0 saturated heterocycles. The van der Waals surface area contributed by atoms with Gasteiger partial charge in [-0.05, 0) is 44.5 Å². The maximum absolute atomic E-state index is 12.5. The van der Waals surface area contributed by atoms with Gasteiger partial charge < -0.3 is 15.4 Å².